The average molecular weight is 356 g/mol. The first-order valence-corrected chi connectivity index (χ1v) is 7.85. The molecule has 3 rings (SSSR count). The van der Waals surface area contributed by atoms with Gasteiger partial charge in [0.1, 0.15) is 0 Å². The van der Waals surface area contributed by atoms with Crippen LogP contribution in [0.3, 0.4) is 0 Å². The Morgan fingerprint density at radius 3 is 2.56 bits per heavy atom. The third kappa shape index (κ3) is 4.45. The fraction of sp³-hybridized carbons (Fsp3) is 0.0556. The maximum atomic E-state index is 12.0. The Morgan fingerprint density at radius 1 is 1.00 bits per heavy atom. The minimum absolute atomic E-state index is 0.0509. The Morgan fingerprint density at radius 2 is 1.80 bits per heavy atom. The third-order valence-corrected chi connectivity index (χ3v) is 3.61. The van der Waals surface area contributed by atoms with Gasteiger partial charge in [-0.3, -0.25) is 20.4 Å². The van der Waals surface area contributed by atoms with Crippen molar-refractivity contribution in [3.05, 3.63) is 76.9 Å². The van der Waals surface area contributed by atoms with Gasteiger partial charge in [0, 0.05) is 16.7 Å². The monoisotopic (exact) mass is 355 g/mol. The predicted molar refractivity (Wildman–Crippen MR) is 92.7 cm³/mol. The van der Waals surface area contributed by atoms with E-state index in [1.807, 2.05) is 30.3 Å². The highest BCUT2D eigenvalue weighted by Gasteiger charge is 2.14. The molecule has 0 bridgehead atoms. The largest absolute Gasteiger partial charge is 0.355 e. The second kappa shape index (κ2) is 7.63. The number of carbonyl (C=O) groups is 2. The van der Waals surface area contributed by atoms with Crippen molar-refractivity contribution >= 4 is 23.4 Å². The number of amides is 2. The topological polar surface area (TPSA) is 84.2 Å². The zero-order valence-corrected chi connectivity index (χ0v) is 13.8. The minimum atomic E-state index is -0.571. The summed E-state index contributed by atoms with van der Waals surface area (Å²) in [7, 11) is 0. The molecule has 126 valence electrons. The van der Waals surface area contributed by atoms with Crippen LogP contribution in [0, 0.1) is 0 Å². The van der Waals surface area contributed by atoms with Crippen molar-refractivity contribution in [3.8, 4) is 11.3 Å². The Labute approximate surface area is 148 Å². The highest BCUT2D eigenvalue weighted by molar-refractivity contribution is 6.30. The quantitative estimate of drug-likeness (QED) is 0.705. The zero-order chi connectivity index (χ0) is 17.6. The van der Waals surface area contributed by atoms with Crippen LogP contribution in [-0.4, -0.2) is 17.0 Å². The van der Waals surface area contributed by atoms with E-state index in [4.69, 9.17) is 16.1 Å². The first-order valence-electron chi connectivity index (χ1n) is 7.47. The summed E-state index contributed by atoms with van der Waals surface area (Å²) in [6.07, 6.45) is 0.160. The van der Waals surface area contributed by atoms with E-state index in [2.05, 4.69) is 16.0 Å². The van der Waals surface area contributed by atoms with Crippen LogP contribution in [0.5, 0.6) is 0 Å². The molecule has 1 aromatic heterocycles. The number of rotatable bonds is 4. The lowest BCUT2D eigenvalue weighted by molar-refractivity contribution is -0.121. The SMILES string of the molecule is O=C(Cc1ccccc1)NNC(=O)c1cc(-c2cccc(Cl)c2)on1. The number of nitrogens with one attached hydrogen (secondary N) is 2. The molecule has 2 N–H and O–H groups in total. The maximum Gasteiger partial charge on any atom is 0.291 e. The van der Waals surface area contributed by atoms with E-state index in [1.54, 1.807) is 24.3 Å². The van der Waals surface area contributed by atoms with Crippen LogP contribution in [0.15, 0.2) is 65.2 Å². The van der Waals surface area contributed by atoms with Gasteiger partial charge in [0.15, 0.2) is 11.5 Å². The van der Waals surface area contributed by atoms with Crippen LogP contribution in [0.25, 0.3) is 11.3 Å². The van der Waals surface area contributed by atoms with Crippen molar-refractivity contribution in [3.63, 3.8) is 0 Å². The van der Waals surface area contributed by atoms with Crippen LogP contribution in [-0.2, 0) is 11.2 Å². The molecule has 2 aromatic carbocycles. The predicted octanol–water partition coefficient (Wildman–Crippen LogP) is 3.00. The standard InChI is InChI=1S/C18H14ClN3O3/c19-14-8-4-7-13(10-14)16-11-15(22-25-16)18(24)21-20-17(23)9-12-5-2-1-3-6-12/h1-8,10-11H,9H2,(H,20,23)(H,21,24). The summed E-state index contributed by atoms with van der Waals surface area (Å²) in [6, 6.07) is 17.7. The molecule has 3 aromatic rings. The Hall–Kier alpha value is -3.12. The summed E-state index contributed by atoms with van der Waals surface area (Å²) < 4.78 is 5.15. The van der Waals surface area contributed by atoms with E-state index in [9.17, 15) is 9.59 Å². The van der Waals surface area contributed by atoms with Crippen molar-refractivity contribution in [1.82, 2.24) is 16.0 Å². The summed E-state index contributed by atoms with van der Waals surface area (Å²) >= 11 is 5.93. The van der Waals surface area contributed by atoms with E-state index in [0.29, 0.717) is 16.3 Å². The third-order valence-electron chi connectivity index (χ3n) is 3.37. The first-order chi connectivity index (χ1) is 12.1. The lowest BCUT2D eigenvalue weighted by Gasteiger charge is -2.05. The van der Waals surface area contributed by atoms with Crippen molar-refractivity contribution in [2.45, 2.75) is 6.42 Å². The molecule has 0 saturated carbocycles. The summed E-state index contributed by atoms with van der Waals surface area (Å²) in [6.45, 7) is 0. The summed E-state index contributed by atoms with van der Waals surface area (Å²) in [4.78, 5) is 23.9. The van der Waals surface area contributed by atoms with Crippen LogP contribution in [0.2, 0.25) is 5.02 Å². The number of nitrogens with zero attached hydrogens (tertiary/aromatic N) is 1. The van der Waals surface area contributed by atoms with Gasteiger partial charge in [-0.2, -0.15) is 0 Å². The van der Waals surface area contributed by atoms with Crippen LogP contribution >= 0.6 is 11.6 Å². The minimum Gasteiger partial charge on any atom is -0.355 e. The van der Waals surface area contributed by atoms with Crippen LogP contribution < -0.4 is 10.9 Å². The molecule has 0 aliphatic rings. The lowest BCUT2D eigenvalue weighted by atomic mass is 10.1. The van der Waals surface area contributed by atoms with Crippen molar-refractivity contribution in [2.75, 3.05) is 0 Å². The second-order valence-electron chi connectivity index (χ2n) is 5.25. The molecular weight excluding hydrogens is 342 g/mol. The van der Waals surface area contributed by atoms with Gasteiger partial charge in [-0.15, -0.1) is 0 Å². The number of hydrogen-bond donors (Lipinski definition) is 2. The second-order valence-corrected chi connectivity index (χ2v) is 5.69. The number of halogens is 1. The highest BCUT2D eigenvalue weighted by Crippen LogP contribution is 2.23. The molecule has 0 saturated heterocycles. The number of hydrogen-bond acceptors (Lipinski definition) is 4. The lowest BCUT2D eigenvalue weighted by Crippen LogP contribution is -2.42. The highest BCUT2D eigenvalue weighted by atomic mass is 35.5. The first kappa shape index (κ1) is 16.7. The maximum absolute atomic E-state index is 12.0. The Bertz CT molecular complexity index is 893. The molecule has 0 fully saturated rings. The fourth-order valence-corrected chi connectivity index (χ4v) is 2.37. The molecule has 7 heteroatoms. The molecule has 1 heterocycles. The summed E-state index contributed by atoms with van der Waals surface area (Å²) in [5, 5.41) is 4.25. The molecule has 2 amide bonds. The average Bonchev–Trinajstić information content (AvgIpc) is 3.11. The van der Waals surface area contributed by atoms with Gasteiger partial charge in [-0.05, 0) is 17.7 Å². The van der Waals surface area contributed by atoms with E-state index in [0.717, 1.165) is 5.56 Å². The smallest absolute Gasteiger partial charge is 0.291 e. The fourth-order valence-electron chi connectivity index (χ4n) is 2.18. The van der Waals surface area contributed by atoms with Crippen molar-refractivity contribution in [1.29, 1.82) is 0 Å². The molecule has 0 aliphatic carbocycles. The molecule has 6 nitrogen and oxygen atoms in total. The van der Waals surface area contributed by atoms with Crippen molar-refractivity contribution in [2.24, 2.45) is 0 Å². The molecular formula is C18H14ClN3O3. The number of hydrazine groups is 1. The van der Waals surface area contributed by atoms with Gasteiger partial charge in [-0.25, -0.2) is 0 Å². The van der Waals surface area contributed by atoms with Gasteiger partial charge >= 0.3 is 0 Å². The summed E-state index contributed by atoms with van der Waals surface area (Å²) in [5.41, 5.74) is 6.25. The van der Waals surface area contributed by atoms with Crippen molar-refractivity contribution < 1.29 is 14.1 Å². The number of carbonyl (C=O) groups excluding carboxylic acids is 2. The molecule has 0 atom stereocenters. The normalized spacial score (nSPS) is 10.3. The van der Waals surface area contributed by atoms with Crippen LogP contribution in [0.1, 0.15) is 16.1 Å². The van der Waals surface area contributed by atoms with E-state index < -0.39 is 5.91 Å². The number of aromatic nitrogens is 1. The van der Waals surface area contributed by atoms with Gasteiger partial charge in [0.2, 0.25) is 5.91 Å². The molecule has 25 heavy (non-hydrogen) atoms. The Balaban J connectivity index is 1.58. The van der Waals surface area contributed by atoms with E-state index in [-0.39, 0.29) is 18.0 Å². The van der Waals surface area contributed by atoms with E-state index >= 15 is 0 Å². The molecule has 0 spiro atoms. The molecule has 0 aliphatic heterocycles. The molecule has 0 radical (unpaired) electrons. The van der Waals surface area contributed by atoms with Gasteiger partial charge in [0.25, 0.3) is 5.91 Å². The van der Waals surface area contributed by atoms with Crippen LogP contribution in [0.4, 0.5) is 0 Å². The molecule has 0 unspecified atom stereocenters. The number of benzene rings is 2. The van der Waals surface area contributed by atoms with E-state index in [1.165, 1.54) is 6.07 Å². The van der Waals surface area contributed by atoms with Gasteiger partial charge in [-0.1, -0.05) is 59.2 Å². The van der Waals surface area contributed by atoms with Gasteiger partial charge < -0.3 is 4.52 Å². The Kier molecular flexibility index (Phi) is 5.11. The van der Waals surface area contributed by atoms with Gasteiger partial charge in [0.05, 0.1) is 6.42 Å². The summed E-state index contributed by atoms with van der Waals surface area (Å²) in [5.74, 6) is -0.500. The zero-order valence-electron chi connectivity index (χ0n) is 13.0.